The second-order valence-corrected chi connectivity index (χ2v) is 7.60. The van der Waals surface area contributed by atoms with Crippen molar-refractivity contribution < 1.29 is 4.79 Å². The van der Waals surface area contributed by atoms with Crippen molar-refractivity contribution in [2.45, 2.75) is 52.1 Å². The number of carbonyl (C=O) groups is 1. The van der Waals surface area contributed by atoms with Gasteiger partial charge in [0.05, 0.1) is 5.01 Å². The molecule has 0 saturated carbocycles. The summed E-state index contributed by atoms with van der Waals surface area (Å²) < 4.78 is 0. The summed E-state index contributed by atoms with van der Waals surface area (Å²) in [4.78, 5) is 20.4. The van der Waals surface area contributed by atoms with Crippen LogP contribution in [-0.2, 0) is 0 Å². The monoisotopic (exact) mass is 314 g/mol. The van der Waals surface area contributed by atoms with Crippen molar-refractivity contribution in [1.82, 2.24) is 9.88 Å². The van der Waals surface area contributed by atoms with Crippen LogP contribution in [0, 0.1) is 13.8 Å². The summed E-state index contributed by atoms with van der Waals surface area (Å²) in [5.74, 6) is 0.487. The number of aromatic nitrogens is 1. The lowest BCUT2D eigenvalue weighted by Crippen LogP contribution is -2.40. The van der Waals surface area contributed by atoms with Crippen LogP contribution in [0.1, 0.15) is 52.1 Å². The summed E-state index contributed by atoms with van der Waals surface area (Å²) in [6.45, 7) is 8.25. The Hall–Kier alpha value is -1.68. The maximum atomic E-state index is 12.9. The highest BCUT2D eigenvalue weighted by Gasteiger charge is 2.40. The molecule has 22 heavy (non-hydrogen) atoms. The van der Waals surface area contributed by atoms with Crippen molar-refractivity contribution in [3.05, 3.63) is 51.5 Å². The molecule has 1 fully saturated rings. The van der Waals surface area contributed by atoms with E-state index in [1.54, 1.807) is 11.3 Å². The zero-order valence-electron chi connectivity index (χ0n) is 13.5. The molecule has 0 unspecified atom stereocenters. The summed E-state index contributed by atoms with van der Waals surface area (Å²) in [6.07, 6.45) is 1.01. The molecule has 3 rings (SSSR count). The highest BCUT2D eigenvalue weighted by molar-refractivity contribution is 7.11. The van der Waals surface area contributed by atoms with E-state index in [0.29, 0.717) is 11.6 Å². The first-order valence-corrected chi connectivity index (χ1v) is 8.62. The maximum absolute atomic E-state index is 12.9. The molecule has 1 aliphatic heterocycles. The van der Waals surface area contributed by atoms with Crippen molar-refractivity contribution in [2.24, 2.45) is 0 Å². The lowest BCUT2D eigenvalue weighted by Gasteiger charge is -2.27. The molecule has 1 amide bonds. The van der Waals surface area contributed by atoms with Gasteiger partial charge in [-0.2, -0.15) is 0 Å². The molecule has 2 heterocycles. The van der Waals surface area contributed by atoms with Crippen LogP contribution in [0.2, 0.25) is 0 Å². The third kappa shape index (κ3) is 2.56. The number of rotatable bonds is 2. The summed E-state index contributed by atoms with van der Waals surface area (Å²) in [5.41, 5.74) is 1.96. The Morgan fingerprint density at radius 3 is 2.50 bits per heavy atom. The first-order chi connectivity index (χ1) is 10.5. The van der Waals surface area contributed by atoms with E-state index in [4.69, 9.17) is 0 Å². The quantitative estimate of drug-likeness (QED) is 0.833. The Labute approximate surface area is 136 Å². The van der Waals surface area contributed by atoms with Gasteiger partial charge in [0.1, 0.15) is 5.69 Å². The van der Waals surface area contributed by atoms with Crippen LogP contribution < -0.4 is 0 Å². The molecule has 1 aromatic heterocycles. The van der Waals surface area contributed by atoms with Gasteiger partial charge in [0.2, 0.25) is 0 Å². The van der Waals surface area contributed by atoms with Crippen LogP contribution in [0.5, 0.6) is 0 Å². The highest BCUT2D eigenvalue weighted by Crippen LogP contribution is 2.38. The van der Waals surface area contributed by atoms with E-state index in [2.05, 4.69) is 43.1 Å². The minimum atomic E-state index is 0.0836. The molecule has 3 atom stereocenters. The number of amides is 1. The summed E-state index contributed by atoms with van der Waals surface area (Å²) in [6, 6.07) is 11.0. The molecule has 1 aromatic carbocycles. The van der Waals surface area contributed by atoms with E-state index >= 15 is 0 Å². The van der Waals surface area contributed by atoms with E-state index in [1.807, 2.05) is 24.8 Å². The SMILES string of the molecule is Cc1nc(C(=O)N2[C@H](C)C[C@@H](c3ccccc3)[C@@H]2C)c(C)s1. The second-order valence-electron chi connectivity index (χ2n) is 6.19. The fraction of sp³-hybridized carbons (Fsp3) is 0.444. The number of nitrogens with zero attached hydrogens (tertiary/aromatic N) is 2. The lowest BCUT2D eigenvalue weighted by molar-refractivity contribution is 0.0682. The molecular weight excluding hydrogens is 292 g/mol. The van der Waals surface area contributed by atoms with Gasteiger partial charge in [0.15, 0.2) is 0 Å². The van der Waals surface area contributed by atoms with Crippen molar-refractivity contribution in [3.8, 4) is 0 Å². The molecule has 1 saturated heterocycles. The minimum absolute atomic E-state index is 0.0836. The Bertz CT molecular complexity index is 680. The minimum Gasteiger partial charge on any atom is -0.331 e. The Kier molecular flexibility index (Phi) is 4.04. The molecule has 3 nitrogen and oxygen atoms in total. The zero-order chi connectivity index (χ0) is 15.9. The predicted molar refractivity (Wildman–Crippen MR) is 90.5 cm³/mol. The Balaban J connectivity index is 1.88. The van der Waals surface area contributed by atoms with Gasteiger partial charge in [-0.15, -0.1) is 11.3 Å². The second kappa shape index (κ2) is 5.84. The van der Waals surface area contributed by atoms with Crippen molar-refractivity contribution in [2.75, 3.05) is 0 Å². The smallest absolute Gasteiger partial charge is 0.274 e. The summed E-state index contributed by atoms with van der Waals surface area (Å²) in [5, 5.41) is 0.958. The molecule has 1 aliphatic rings. The van der Waals surface area contributed by atoms with Crippen LogP contribution >= 0.6 is 11.3 Å². The molecule has 4 heteroatoms. The highest BCUT2D eigenvalue weighted by atomic mass is 32.1. The summed E-state index contributed by atoms with van der Waals surface area (Å²) >= 11 is 1.60. The van der Waals surface area contributed by atoms with Crippen molar-refractivity contribution >= 4 is 17.2 Å². The van der Waals surface area contributed by atoms with E-state index < -0.39 is 0 Å². The normalized spacial score (nSPS) is 24.7. The number of carbonyl (C=O) groups excluding carboxylic acids is 1. The van der Waals surface area contributed by atoms with Crippen molar-refractivity contribution in [3.63, 3.8) is 0 Å². The number of benzene rings is 1. The van der Waals surface area contributed by atoms with Crippen LogP contribution in [0.3, 0.4) is 0 Å². The molecule has 116 valence electrons. The average Bonchev–Trinajstić information content (AvgIpc) is 2.98. The van der Waals surface area contributed by atoms with Gasteiger partial charge in [-0.25, -0.2) is 4.98 Å². The molecule has 0 aliphatic carbocycles. The van der Waals surface area contributed by atoms with Gasteiger partial charge in [-0.3, -0.25) is 4.79 Å². The number of hydrogen-bond acceptors (Lipinski definition) is 3. The fourth-order valence-electron chi connectivity index (χ4n) is 3.62. The molecule has 2 aromatic rings. The van der Waals surface area contributed by atoms with Crippen molar-refractivity contribution in [1.29, 1.82) is 0 Å². The van der Waals surface area contributed by atoms with Gasteiger partial charge in [-0.1, -0.05) is 30.3 Å². The van der Waals surface area contributed by atoms with Crippen LogP contribution in [0.4, 0.5) is 0 Å². The Morgan fingerprint density at radius 2 is 1.91 bits per heavy atom. The first kappa shape index (κ1) is 15.2. The van der Waals surface area contributed by atoms with Gasteiger partial charge in [-0.05, 0) is 39.7 Å². The molecule has 0 bridgehead atoms. The van der Waals surface area contributed by atoms with E-state index in [9.17, 15) is 4.79 Å². The molecular formula is C18H22N2OS. The zero-order valence-corrected chi connectivity index (χ0v) is 14.4. The van der Waals surface area contributed by atoms with Gasteiger partial charge < -0.3 is 4.90 Å². The van der Waals surface area contributed by atoms with Crippen LogP contribution in [-0.4, -0.2) is 27.9 Å². The fourth-order valence-corrected chi connectivity index (χ4v) is 4.43. The van der Waals surface area contributed by atoms with E-state index in [1.165, 1.54) is 5.56 Å². The number of thiazole rings is 1. The first-order valence-electron chi connectivity index (χ1n) is 7.80. The number of aryl methyl sites for hydroxylation is 2. The standard InChI is InChI=1S/C18H22N2OS/c1-11-10-16(15-8-6-5-7-9-15)12(2)20(11)18(21)17-13(3)22-14(4)19-17/h5-9,11-12,16H,10H2,1-4H3/t11-,12+,16-/m1/s1. The Morgan fingerprint density at radius 1 is 1.23 bits per heavy atom. The van der Waals surface area contributed by atoms with Crippen LogP contribution in [0.25, 0.3) is 0 Å². The van der Waals surface area contributed by atoms with E-state index in [-0.39, 0.29) is 18.0 Å². The largest absolute Gasteiger partial charge is 0.331 e. The molecule has 0 spiro atoms. The predicted octanol–water partition coefficient (Wildman–Crippen LogP) is 4.17. The lowest BCUT2D eigenvalue weighted by atomic mass is 9.92. The topological polar surface area (TPSA) is 33.2 Å². The van der Waals surface area contributed by atoms with Gasteiger partial charge >= 0.3 is 0 Å². The molecule has 0 radical (unpaired) electrons. The van der Waals surface area contributed by atoms with E-state index in [0.717, 1.165) is 16.3 Å². The summed E-state index contributed by atoms with van der Waals surface area (Å²) in [7, 11) is 0. The third-order valence-electron chi connectivity index (χ3n) is 4.66. The number of likely N-dealkylation sites (tertiary alicyclic amines) is 1. The average molecular weight is 314 g/mol. The van der Waals surface area contributed by atoms with Crippen LogP contribution in [0.15, 0.2) is 30.3 Å². The number of hydrogen-bond donors (Lipinski definition) is 0. The van der Waals surface area contributed by atoms with Gasteiger partial charge in [0.25, 0.3) is 5.91 Å². The maximum Gasteiger partial charge on any atom is 0.274 e. The van der Waals surface area contributed by atoms with Gasteiger partial charge in [0, 0.05) is 22.9 Å². The third-order valence-corrected chi connectivity index (χ3v) is 5.55. The molecule has 0 N–H and O–H groups in total.